The predicted octanol–water partition coefficient (Wildman–Crippen LogP) is 6.36. The number of hydrogen-bond donors (Lipinski definition) is 2. The Kier molecular flexibility index (Phi) is 7.82. The van der Waals surface area contributed by atoms with E-state index < -0.39 is 0 Å². The SMILES string of the molecule is COc1cc(CNc2ccccc2C)cc(Br)c1OCC(=O)Nc1ccc(C)c(Cl)c1. The van der Waals surface area contributed by atoms with E-state index in [4.69, 9.17) is 21.1 Å². The van der Waals surface area contributed by atoms with Gasteiger partial charge in [-0.05, 0) is 76.8 Å². The molecule has 0 fully saturated rings. The average Bonchev–Trinajstić information content (AvgIpc) is 2.74. The van der Waals surface area contributed by atoms with Gasteiger partial charge in [0.25, 0.3) is 5.91 Å². The van der Waals surface area contributed by atoms with E-state index in [0.29, 0.717) is 33.2 Å². The molecule has 31 heavy (non-hydrogen) atoms. The third-order valence-electron chi connectivity index (χ3n) is 4.72. The Bertz CT molecular complexity index is 1090. The topological polar surface area (TPSA) is 59.6 Å². The summed E-state index contributed by atoms with van der Waals surface area (Å²) in [5.41, 5.74) is 4.83. The largest absolute Gasteiger partial charge is 0.493 e. The van der Waals surface area contributed by atoms with Crippen molar-refractivity contribution >= 4 is 44.8 Å². The van der Waals surface area contributed by atoms with Gasteiger partial charge < -0.3 is 20.1 Å². The number of aryl methyl sites for hydroxylation is 2. The second-order valence-corrected chi connectivity index (χ2v) is 8.34. The zero-order valence-electron chi connectivity index (χ0n) is 17.6. The maximum absolute atomic E-state index is 12.3. The fourth-order valence-electron chi connectivity index (χ4n) is 2.99. The molecule has 0 aromatic heterocycles. The third kappa shape index (κ3) is 6.15. The van der Waals surface area contributed by atoms with Gasteiger partial charge in [-0.1, -0.05) is 35.9 Å². The third-order valence-corrected chi connectivity index (χ3v) is 5.72. The van der Waals surface area contributed by atoms with Crippen molar-refractivity contribution in [1.82, 2.24) is 0 Å². The van der Waals surface area contributed by atoms with Crippen molar-refractivity contribution in [2.75, 3.05) is 24.4 Å². The lowest BCUT2D eigenvalue weighted by Gasteiger charge is -2.15. The molecule has 0 aliphatic rings. The Hall–Kier alpha value is -2.70. The Morgan fingerprint density at radius 1 is 1.06 bits per heavy atom. The normalized spacial score (nSPS) is 10.5. The molecule has 162 valence electrons. The summed E-state index contributed by atoms with van der Waals surface area (Å²) in [6.07, 6.45) is 0. The van der Waals surface area contributed by atoms with Crippen LogP contribution < -0.4 is 20.1 Å². The highest BCUT2D eigenvalue weighted by atomic mass is 79.9. The van der Waals surface area contributed by atoms with Gasteiger partial charge in [0.2, 0.25) is 0 Å². The quantitative estimate of drug-likeness (QED) is 0.376. The summed E-state index contributed by atoms with van der Waals surface area (Å²) in [5, 5.41) is 6.79. The molecule has 7 heteroatoms. The predicted molar refractivity (Wildman–Crippen MR) is 130 cm³/mol. The first-order chi connectivity index (χ1) is 14.9. The molecule has 0 atom stereocenters. The van der Waals surface area contributed by atoms with E-state index in [-0.39, 0.29) is 12.5 Å². The molecule has 0 aliphatic heterocycles. The molecule has 0 aliphatic carbocycles. The number of nitrogens with one attached hydrogen (secondary N) is 2. The first-order valence-electron chi connectivity index (χ1n) is 9.72. The average molecular weight is 504 g/mol. The zero-order valence-corrected chi connectivity index (χ0v) is 19.9. The fourth-order valence-corrected chi connectivity index (χ4v) is 3.77. The minimum atomic E-state index is -0.292. The molecule has 3 rings (SSSR count). The number of para-hydroxylation sites is 1. The molecule has 0 unspecified atom stereocenters. The minimum Gasteiger partial charge on any atom is -0.493 e. The molecule has 0 saturated carbocycles. The highest BCUT2D eigenvalue weighted by Gasteiger charge is 2.14. The summed E-state index contributed by atoms with van der Waals surface area (Å²) < 4.78 is 11.9. The van der Waals surface area contributed by atoms with Gasteiger partial charge in [-0.3, -0.25) is 4.79 Å². The number of amides is 1. The van der Waals surface area contributed by atoms with Gasteiger partial charge >= 0.3 is 0 Å². The van der Waals surface area contributed by atoms with Crippen LogP contribution in [0.1, 0.15) is 16.7 Å². The van der Waals surface area contributed by atoms with E-state index in [9.17, 15) is 4.79 Å². The van der Waals surface area contributed by atoms with E-state index in [1.54, 1.807) is 19.2 Å². The van der Waals surface area contributed by atoms with Crippen LogP contribution in [0.5, 0.6) is 11.5 Å². The molecular formula is C24H24BrClN2O3. The van der Waals surface area contributed by atoms with Crippen LogP contribution >= 0.6 is 27.5 Å². The monoisotopic (exact) mass is 502 g/mol. The van der Waals surface area contributed by atoms with Crippen LogP contribution in [0.15, 0.2) is 59.1 Å². The number of hydrogen-bond acceptors (Lipinski definition) is 4. The molecular weight excluding hydrogens is 480 g/mol. The first kappa shape index (κ1) is 23.0. The molecule has 5 nitrogen and oxygen atoms in total. The summed E-state index contributed by atoms with van der Waals surface area (Å²) in [4.78, 5) is 12.3. The lowest BCUT2D eigenvalue weighted by Crippen LogP contribution is -2.20. The molecule has 0 radical (unpaired) electrons. The van der Waals surface area contributed by atoms with Crippen molar-refractivity contribution in [2.45, 2.75) is 20.4 Å². The second kappa shape index (κ2) is 10.6. The van der Waals surface area contributed by atoms with Crippen molar-refractivity contribution in [2.24, 2.45) is 0 Å². The lowest BCUT2D eigenvalue weighted by molar-refractivity contribution is -0.118. The maximum atomic E-state index is 12.3. The molecule has 2 N–H and O–H groups in total. The second-order valence-electron chi connectivity index (χ2n) is 7.08. The lowest BCUT2D eigenvalue weighted by atomic mass is 10.1. The van der Waals surface area contributed by atoms with Gasteiger partial charge in [0, 0.05) is 22.9 Å². The number of carbonyl (C=O) groups is 1. The van der Waals surface area contributed by atoms with E-state index in [0.717, 1.165) is 16.8 Å². The molecule has 0 spiro atoms. The van der Waals surface area contributed by atoms with Crippen molar-refractivity contribution in [3.63, 3.8) is 0 Å². The molecule has 0 heterocycles. The fraction of sp³-hybridized carbons (Fsp3) is 0.208. The summed E-state index contributed by atoms with van der Waals surface area (Å²) in [5.74, 6) is 0.723. The van der Waals surface area contributed by atoms with Crippen LogP contribution in [0, 0.1) is 13.8 Å². The number of benzene rings is 3. The first-order valence-corrected chi connectivity index (χ1v) is 10.9. The molecule has 3 aromatic rings. The maximum Gasteiger partial charge on any atom is 0.262 e. The van der Waals surface area contributed by atoms with Crippen LogP contribution in [0.4, 0.5) is 11.4 Å². The summed E-state index contributed by atoms with van der Waals surface area (Å²) >= 11 is 9.64. The number of anilines is 2. The number of halogens is 2. The molecule has 0 bridgehead atoms. The van der Waals surface area contributed by atoms with E-state index >= 15 is 0 Å². The summed E-state index contributed by atoms with van der Waals surface area (Å²) in [6, 6.07) is 17.3. The van der Waals surface area contributed by atoms with Crippen LogP contribution in [0.25, 0.3) is 0 Å². The van der Waals surface area contributed by atoms with Gasteiger partial charge in [-0.25, -0.2) is 0 Å². The number of rotatable bonds is 8. The minimum absolute atomic E-state index is 0.165. The number of ether oxygens (including phenoxy) is 2. The summed E-state index contributed by atoms with van der Waals surface area (Å²) in [7, 11) is 1.57. The Labute approximate surface area is 195 Å². The highest BCUT2D eigenvalue weighted by molar-refractivity contribution is 9.10. The smallest absolute Gasteiger partial charge is 0.262 e. The highest BCUT2D eigenvalue weighted by Crippen LogP contribution is 2.37. The van der Waals surface area contributed by atoms with Crippen molar-refractivity contribution in [3.05, 3.63) is 80.8 Å². The van der Waals surface area contributed by atoms with Gasteiger partial charge in [-0.2, -0.15) is 0 Å². The van der Waals surface area contributed by atoms with Crippen LogP contribution in [-0.2, 0) is 11.3 Å². The van der Waals surface area contributed by atoms with Crippen LogP contribution in [0.2, 0.25) is 5.02 Å². The van der Waals surface area contributed by atoms with Crippen molar-refractivity contribution in [1.29, 1.82) is 0 Å². The van der Waals surface area contributed by atoms with Crippen molar-refractivity contribution in [3.8, 4) is 11.5 Å². The Morgan fingerprint density at radius 2 is 1.84 bits per heavy atom. The summed E-state index contributed by atoms with van der Waals surface area (Å²) in [6.45, 7) is 4.42. The Balaban J connectivity index is 1.64. The van der Waals surface area contributed by atoms with Gasteiger partial charge in [0.05, 0.1) is 11.6 Å². The van der Waals surface area contributed by atoms with E-state index in [1.807, 2.05) is 43.3 Å². The van der Waals surface area contributed by atoms with Gasteiger partial charge in [0.1, 0.15) is 0 Å². The van der Waals surface area contributed by atoms with E-state index in [1.165, 1.54) is 5.56 Å². The molecule has 0 saturated heterocycles. The van der Waals surface area contributed by atoms with E-state index in [2.05, 4.69) is 39.6 Å². The van der Waals surface area contributed by atoms with Gasteiger partial charge in [0.15, 0.2) is 18.1 Å². The molecule has 1 amide bonds. The molecule has 3 aromatic carbocycles. The zero-order chi connectivity index (χ0) is 22.4. The Morgan fingerprint density at radius 3 is 2.55 bits per heavy atom. The van der Waals surface area contributed by atoms with Crippen LogP contribution in [-0.4, -0.2) is 19.6 Å². The van der Waals surface area contributed by atoms with Crippen LogP contribution in [0.3, 0.4) is 0 Å². The van der Waals surface area contributed by atoms with Gasteiger partial charge in [-0.15, -0.1) is 0 Å². The number of carbonyl (C=O) groups excluding carboxylic acids is 1. The number of methoxy groups -OCH3 is 1. The van der Waals surface area contributed by atoms with Crippen molar-refractivity contribution < 1.29 is 14.3 Å². The standard InChI is InChI=1S/C24H24BrClN2O3/c1-15-8-9-18(12-20(15)26)28-23(29)14-31-24-19(25)10-17(11-22(24)30-3)13-27-21-7-5-4-6-16(21)2/h4-12,27H,13-14H2,1-3H3,(H,28,29).